The summed E-state index contributed by atoms with van der Waals surface area (Å²) in [6.07, 6.45) is 3.73. The van der Waals surface area contributed by atoms with Gasteiger partial charge < -0.3 is 9.14 Å². The van der Waals surface area contributed by atoms with Crippen molar-refractivity contribution in [2.45, 2.75) is 4.90 Å². The van der Waals surface area contributed by atoms with E-state index in [1.165, 1.54) is 25.3 Å². The number of nitrogens with zero attached hydrogens (tertiary/aromatic N) is 2. The monoisotopic (exact) mass is 397 g/mol. The molecular weight excluding hydrogens is 381 g/mol. The number of nitrogens with one attached hydrogen (secondary N) is 1. The molecule has 0 unspecified atom stereocenters. The molecule has 0 fully saturated rings. The van der Waals surface area contributed by atoms with Crippen LogP contribution < -0.4 is 9.46 Å². The van der Waals surface area contributed by atoms with E-state index >= 15 is 0 Å². The molecule has 0 saturated carbocycles. The zero-order valence-electron chi connectivity index (χ0n) is 14.8. The molecule has 4 aromatic rings. The summed E-state index contributed by atoms with van der Waals surface area (Å²) < 4.78 is 48.4. The third-order valence-corrected chi connectivity index (χ3v) is 5.57. The predicted molar refractivity (Wildman–Crippen MR) is 104 cm³/mol. The molecule has 0 aliphatic heterocycles. The minimum absolute atomic E-state index is 0.173. The number of benzene rings is 2. The second-order valence-corrected chi connectivity index (χ2v) is 7.75. The molecule has 0 saturated heterocycles. The number of sulfonamides is 1. The summed E-state index contributed by atoms with van der Waals surface area (Å²) in [4.78, 5) is 4.37. The molecule has 0 aliphatic carbocycles. The lowest BCUT2D eigenvalue weighted by molar-refractivity contribution is 0.417. The summed E-state index contributed by atoms with van der Waals surface area (Å²) in [7, 11) is -2.54. The van der Waals surface area contributed by atoms with Gasteiger partial charge in [0.2, 0.25) is 0 Å². The van der Waals surface area contributed by atoms with E-state index in [0.29, 0.717) is 17.0 Å². The van der Waals surface area contributed by atoms with Gasteiger partial charge in [0.15, 0.2) is 0 Å². The first kappa shape index (κ1) is 18.0. The molecule has 0 atom stereocenters. The average molecular weight is 397 g/mol. The lowest BCUT2D eigenvalue weighted by Crippen LogP contribution is -2.14. The van der Waals surface area contributed by atoms with Gasteiger partial charge in [-0.05, 0) is 48.5 Å². The number of halogens is 1. The van der Waals surface area contributed by atoms with Crippen LogP contribution in [-0.2, 0) is 10.0 Å². The van der Waals surface area contributed by atoms with Crippen LogP contribution in [-0.4, -0.2) is 24.9 Å². The van der Waals surface area contributed by atoms with Crippen molar-refractivity contribution in [3.63, 3.8) is 0 Å². The number of anilines is 1. The highest BCUT2D eigenvalue weighted by Gasteiger charge is 2.18. The van der Waals surface area contributed by atoms with Crippen molar-refractivity contribution in [2.24, 2.45) is 0 Å². The molecule has 2 aromatic carbocycles. The molecule has 1 N–H and O–H groups in total. The van der Waals surface area contributed by atoms with E-state index in [2.05, 4.69) is 9.71 Å². The fourth-order valence-corrected chi connectivity index (χ4v) is 3.95. The molecule has 0 bridgehead atoms. The second kappa shape index (κ2) is 6.97. The van der Waals surface area contributed by atoms with E-state index in [1.54, 1.807) is 18.2 Å². The van der Waals surface area contributed by atoms with Crippen LogP contribution in [0.15, 0.2) is 78.0 Å². The number of imidazole rings is 1. The van der Waals surface area contributed by atoms with Crippen LogP contribution >= 0.6 is 0 Å². The molecule has 0 aliphatic rings. The summed E-state index contributed by atoms with van der Waals surface area (Å²) in [5.41, 5.74) is 2.40. The maximum atomic E-state index is 13.4. The van der Waals surface area contributed by atoms with Gasteiger partial charge in [-0.25, -0.2) is 17.8 Å². The SMILES string of the molecule is COc1ccc(-c2cn3ccccc3n2)cc1NS(=O)(=O)c1cccc(F)c1. The Morgan fingerprint density at radius 3 is 2.68 bits per heavy atom. The van der Waals surface area contributed by atoms with Crippen molar-refractivity contribution in [1.82, 2.24) is 9.38 Å². The van der Waals surface area contributed by atoms with Gasteiger partial charge in [0, 0.05) is 18.0 Å². The van der Waals surface area contributed by atoms with Gasteiger partial charge in [0.05, 0.1) is 23.4 Å². The summed E-state index contributed by atoms with van der Waals surface area (Å²) in [5.74, 6) is -0.291. The molecule has 4 rings (SSSR count). The maximum absolute atomic E-state index is 13.4. The van der Waals surface area contributed by atoms with Crippen LogP contribution in [0.2, 0.25) is 0 Å². The van der Waals surface area contributed by atoms with Crippen LogP contribution in [0.4, 0.5) is 10.1 Å². The minimum Gasteiger partial charge on any atom is -0.495 e. The number of hydrogen-bond acceptors (Lipinski definition) is 4. The van der Waals surface area contributed by atoms with Gasteiger partial charge >= 0.3 is 0 Å². The van der Waals surface area contributed by atoms with Crippen molar-refractivity contribution in [2.75, 3.05) is 11.8 Å². The Morgan fingerprint density at radius 1 is 1.07 bits per heavy atom. The topological polar surface area (TPSA) is 72.7 Å². The summed E-state index contributed by atoms with van der Waals surface area (Å²) in [6, 6.07) is 15.5. The van der Waals surface area contributed by atoms with Gasteiger partial charge in [0.25, 0.3) is 10.0 Å². The number of hydrogen-bond donors (Lipinski definition) is 1. The first-order chi connectivity index (χ1) is 13.5. The number of aromatic nitrogens is 2. The van der Waals surface area contributed by atoms with Gasteiger partial charge in [0.1, 0.15) is 17.2 Å². The molecule has 0 radical (unpaired) electrons. The van der Waals surface area contributed by atoms with Gasteiger partial charge in [-0.3, -0.25) is 4.72 Å². The molecule has 6 nitrogen and oxygen atoms in total. The van der Waals surface area contributed by atoms with E-state index in [1.807, 2.05) is 35.0 Å². The molecule has 2 heterocycles. The molecule has 28 heavy (non-hydrogen) atoms. The minimum atomic E-state index is -3.99. The third kappa shape index (κ3) is 3.41. The van der Waals surface area contributed by atoms with Crippen LogP contribution in [0.5, 0.6) is 5.75 Å². The first-order valence-electron chi connectivity index (χ1n) is 8.37. The fourth-order valence-electron chi connectivity index (χ4n) is 2.86. The Hall–Kier alpha value is -3.39. The zero-order valence-corrected chi connectivity index (χ0v) is 15.7. The van der Waals surface area contributed by atoms with Crippen LogP contribution in [0.1, 0.15) is 0 Å². The lowest BCUT2D eigenvalue weighted by Gasteiger charge is -2.13. The highest BCUT2D eigenvalue weighted by atomic mass is 32.2. The Labute approximate surface area is 161 Å². The number of pyridine rings is 1. The quantitative estimate of drug-likeness (QED) is 0.553. The molecule has 0 amide bonds. The maximum Gasteiger partial charge on any atom is 0.262 e. The van der Waals surface area contributed by atoms with E-state index in [4.69, 9.17) is 4.74 Å². The average Bonchev–Trinajstić information content (AvgIpc) is 3.12. The van der Waals surface area contributed by atoms with Crippen molar-refractivity contribution >= 4 is 21.4 Å². The number of rotatable bonds is 5. The highest BCUT2D eigenvalue weighted by Crippen LogP contribution is 2.32. The van der Waals surface area contributed by atoms with Crippen molar-refractivity contribution < 1.29 is 17.5 Å². The highest BCUT2D eigenvalue weighted by molar-refractivity contribution is 7.92. The Balaban J connectivity index is 1.75. The summed E-state index contributed by atoms with van der Waals surface area (Å²) in [6.45, 7) is 0. The standard InChI is InChI=1S/C20H16FN3O3S/c1-27-19-9-8-14(18-13-24-10-3-2-7-20(24)22-18)11-17(19)23-28(25,26)16-6-4-5-15(21)12-16/h2-13,23H,1H3. The number of ether oxygens (including phenoxy) is 1. The largest absolute Gasteiger partial charge is 0.495 e. The van der Waals surface area contributed by atoms with Gasteiger partial charge in [-0.1, -0.05) is 12.1 Å². The molecule has 0 spiro atoms. The van der Waals surface area contributed by atoms with Gasteiger partial charge in [-0.15, -0.1) is 0 Å². The van der Waals surface area contributed by atoms with E-state index in [9.17, 15) is 12.8 Å². The van der Waals surface area contributed by atoms with Gasteiger partial charge in [-0.2, -0.15) is 0 Å². The molecule has 142 valence electrons. The van der Waals surface area contributed by atoms with Crippen LogP contribution in [0, 0.1) is 5.82 Å². The molecule has 8 heteroatoms. The van der Waals surface area contributed by atoms with Crippen LogP contribution in [0.3, 0.4) is 0 Å². The van der Waals surface area contributed by atoms with E-state index < -0.39 is 15.8 Å². The summed E-state index contributed by atoms with van der Waals surface area (Å²) in [5, 5.41) is 0. The van der Waals surface area contributed by atoms with Crippen molar-refractivity contribution in [1.29, 1.82) is 0 Å². The molecular formula is C20H16FN3O3S. The lowest BCUT2D eigenvalue weighted by atomic mass is 10.1. The Kier molecular flexibility index (Phi) is 4.48. The van der Waals surface area contributed by atoms with Crippen molar-refractivity contribution in [3.05, 3.63) is 78.9 Å². The Morgan fingerprint density at radius 2 is 1.93 bits per heavy atom. The molecule has 2 aromatic heterocycles. The Bertz CT molecular complexity index is 1240. The van der Waals surface area contributed by atoms with E-state index in [-0.39, 0.29) is 10.6 Å². The number of fused-ring (bicyclic) bond motifs is 1. The van der Waals surface area contributed by atoms with Crippen LogP contribution in [0.25, 0.3) is 16.9 Å². The normalized spacial score (nSPS) is 11.5. The summed E-state index contributed by atoms with van der Waals surface area (Å²) >= 11 is 0. The zero-order chi connectivity index (χ0) is 19.7. The smallest absolute Gasteiger partial charge is 0.262 e. The second-order valence-electron chi connectivity index (χ2n) is 6.07. The van der Waals surface area contributed by atoms with E-state index in [0.717, 1.165) is 11.7 Å². The number of methoxy groups -OCH3 is 1. The predicted octanol–water partition coefficient (Wildman–Crippen LogP) is 3.95. The van der Waals surface area contributed by atoms with Crippen molar-refractivity contribution in [3.8, 4) is 17.0 Å². The first-order valence-corrected chi connectivity index (χ1v) is 9.85. The third-order valence-electron chi connectivity index (χ3n) is 4.21. The fraction of sp³-hybridized carbons (Fsp3) is 0.0500.